The van der Waals surface area contributed by atoms with Gasteiger partial charge < -0.3 is 14.2 Å². The number of benzene rings is 3. The molecule has 0 aliphatic carbocycles. The summed E-state index contributed by atoms with van der Waals surface area (Å²) in [5.74, 6) is 0.469. The number of para-hydroxylation sites is 1. The topological polar surface area (TPSA) is 82.1 Å². The number of methoxy groups -OCH3 is 3. The number of carbonyl (C=O) groups is 1. The van der Waals surface area contributed by atoms with Crippen molar-refractivity contribution in [2.75, 3.05) is 26.2 Å². The fourth-order valence-electron chi connectivity index (χ4n) is 3.87. The van der Waals surface area contributed by atoms with Gasteiger partial charge in [-0.2, -0.15) is 0 Å². The number of hydrogen-bond acceptors (Lipinski definition) is 6. The predicted octanol–water partition coefficient (Wildman–Crippen LogP) is 4.21. The molecule has 0 radical (unpaired) electrons. The van der Waals surface area contributed by atoms with E-state index in [0.29, 0.717) is 34.1 Å². The Hall–Kier alpha value is -3.78. The Morgan fingerprint density at radius 3 is 1.88 bits per heavy atom. The van der Waals surface area contributed by atoms with Gasteiger partial charge in [-0.3, -0.25) is 9.69 Å². The molecule has 0 N–H and O–H groups in total. The van der Waals surface area contributed by atoms with Gasteiger partial charge in [0.2, 0.25) is 15.6 Å². The van der Waals surface area contributed by atoms with Gasteiger partial charge in [-0.1, -0.05) is 48.5 Å². The summed E-state index contributed by atoms with van der Waals surface area (Å²) in [7, 11) is 0.355. The summed E-state index contributed by atoms with van der Waals surface area (Å²) in [5, 5.41) is -1.18. The summed E-state index contributed by atoms with van der Waals surface area (Å²) in [6, 6.07) is 20.7. The average molecular weight is 466 g/mol. The molecule has 1 atom stereocenters. The first-order chi connectivity index (χ1) is 15.9. The van der Waals surface area contributed by atoms with Gasteiger partial charge in [-0.05, 0) is 41.5 Å². The summed E-state index contributed by atoms with van der Waals surface area (Å²) in [4.78, 5) is 14.5. The lowest BCUT2D eigenvalue weighted by atomic mass is 10.1. The van der Waals surface area contributed by atoms with Gasteiger partial charge in [0, 0.05) is 5.69 Å². The van der Waals surface area contributed by atoms with Crippen molar-refractivity contribution in [2.24, 2.45) is 0 Å². The lowest BCUT2D eigenvalue weighted by Gasteiger charge is -2.23. The maximum absolute atomic E-state index is 13.7. The van der Waals surface area contributed by atoms with Crippen molar-refractivity contribution in [3.05, 3.63) is 88.8 Å². The highest BCUT2D eigenvalue weighted by atomic mass is 32.2. The molecular weight excluding hydrogens is 442 g/mol. The normalized spacial score (nSPS) is 18.4. The van der Waals surface area contributed by atoms with Crippen molar-refractivity contribution in [3.8, 4) is 17.2 Å². The van der Waals surface area contributed by atoms with Crippen LogP contribution in [0.25, 0.3) is 6.08 Å². The Morgan fingerprint density at radius 2 is 1.36 bits per heavy atom. The summed E-state index contributed by atoms with van der Waals surface area (Å²) >= 11 is 0. The van der Waals surface area contributed by atoms with Crippen LogP contribution in [0, 0.1) is 0 Å². The molecular formula is C25H23NO6S. The van der Waals surface area contributed by atoms with Gasteiger partial charge in [0.05, 0.1) is 21.3 Å². The van der Waals surface area contributed by atoms with Crippen molar-refractivity contribution in [1.82, 2.24) is 0 Å². The molecule has 3 aromatic carbocycles. The van der Waals surface area contributed by atoms with E-state index in [1.54, 1.807) is 66.7 Å². The number of carbonyl (C=O) groups excluding carboxylic acids is 1. The van der Waals surface area contributed by atoms with Crippen molar-refractivity contribution in [2.45, 2.75) is 5.37 Å². The van der Waals surface area contributed by atoms with Crippen molar-refractivity contribution >= 4 is 27.5 Å². The molecule has 7 nitrogen and oxygen atoms in total. The summed E-state index contributed by atoms with van der Waals surface area (Å²) in [6.07, 6.45) is 1.35. The van der Waals surface area contributed by atoms with Gasteiger partial charge in [-0.25, -0.2) is 8.42 Å². The van der Waals surface area contributed by atoms with Crippen molar-refractivity contribution < 1.29 is 27.4 Å². The Kier molecular flexibility index (Phi) is 6.11. The fourth-order valence-corrected chi connectivity index (χ4v) is 5.77. The molecule has 1 amide bonds. The van der Waals surface area contributed by atoms with E-state index >= 15 is 0 Å². The van der Waals surface area contributed by atoms with Crippen LogP contribution in [0.3, 0.4) is 0 Å². The maximum atomic E-state index is 13.7. The first-order valence-corrected chi connectivity index (χ1v) is 11.7. The zero-order valence-electron chi connectivity index (χ0n) is 18.4. The van der Waals surface area contributed by atoms with Crippen LogP contribution in [0.5, 0.6) is 17.2 Å². The molecule has 4 rings (SSSR count). The fraction of sp³-hybridized carbons (Fsp3) is 0.160. The number of amides is 1. The molecule has 1 fully saturated rings. The number of hydrogen-bond donors (Lipinski definition) is 0. The smallest absolute Gasteiger partial charge is 0.271 e. The van der Waals surface area contributed by atoms with Gasteiger partial charge >= 0.3 is 0 Å². The Bertz CT molecular complexity index is 1280. The molecule has 1 aliphatic heterocycles. The number of ether oxygens (including phenoxy) is 3. The molecule has 1 unspecified atom stereocenters. The van der Waals surface area contributed by atoms with E-state index in [4.69, 9.17) is 14.2 Å². The van der Waals surface area contributed by atoms with E-state index in [-0.39, 0.29) is 4.91 Å². The van der Waals surface area contributed by atoms with E-state index in [1.807, 2.05) is 6.07 Å². The third-order valence-electron chi connectivity index (χ3n) is 5.37. The van der Waals surface area contributed by atoms with Gasteiger partial charge in [0.25, 0.3) is 5.91 Å². The Morgan fingerprint density at radius 1 is 0.818 bits per heavy atom. The van der Waals surface area contributed by atoms with Crippen LogP contribution in [0.15, 0.2) is 77.7 Å². The first-order valence-electron chi connectivity index (χ1n) is 10.1. The van der Waals surface area contributed by atoms with E-state index < -0.39 is 21.1 Å². The Balaban J connectivity index is 1.91. The molecule has 170 valence electrons. The summed E-state index contributed by atoms with van der Waals surface area (Å²) in [5.41, 5.74) is 1.43. The predicted molar refractivity (Wildman–Crippen MR) is 126 cm³/mol. The molecule has 3 aromatic rings. The molecule has 1 heterocycles. The Labute approximate surface area is 192 Å². The van der Waals surface area contributed by atoms with E-state index in [9.17, 15) is 13.2 Å². The number of sulfone groups is 1. The minimum absolute atomic E-state index is 0.311. The third kappa shape index (κ3) is 3.93. The van der Waals surface area contributed by atoms with Crippen molar-refractivity contribution in [3.63, 3.8) is 0 Å². The molecule has 1 aliphatic rings. The van der Waals surface area contributed by atoms with Crippen molar-refractivity contribution in [1.29, 1.82) is 0 Å². The minimum atomic E-state index is -4.06. The van der Waals surface area contributed by atoms with E-state index in [1.165, 1.54) is 32.3 Å². The van der Waals surface area contributed by atoms with Gasteiger partial charge in [-0.15, -0.1) is 0 Å². The second-order valence-corrected chi connectivity index (χ2v) is 9.26. The largest absolute Gasteiger partial charge is 0.493 e. The highest BCUT2D eigenvalue weighted by Crippen LogP contribution is 2.44. The van der Waals surface area contributed by atoms with Crippen LogP contribution in [-0.2, 0) is 14.6 Å². The molecule has 0 saturated carbocycles. The second-order valence-electron chi connectivity index (χ2n) is 7.29. The highest BCUT2D eigenvalue weighted by molar-refractivity contribution is 7.97. The van der Waals surface area contributed by atoms with Crippen LogP contribution in [0.4, 0.5) is 5.69 Å². The minimum Gasteiger partial charge on any atom is -0.493 e. The van der Waals surface area contributed by atoms with E-state index in [0.717, 1.165) is 0 Å². The monoisotopic (exact) mass is 465 g/mol. The number of rotatable bonds is 6. The van der Waals surface area contributed by atoms with Gasteiger partial charge in [0.15, 0.2) is 16.9 Å². The molecule has 1 saturated heterocycles. The average Bonchev–Trinajstić information content (AvgIpc) is 3.04. The van der Waals surface area contributed by atoms with Crippen LogP contribution >= 0.6 is 0 Å². The first kappa shape index (κ1) is 22.4. The molecule has 0 spiro atoms. The zero-order valence-corrected chi connectivity index (χ0v) is 19.2. The van der Waals surface area contributed by atoms with Gasteiger partial charge in [0.1, 0.15) is 4.91 Å². The van der Waals surface area contributed by atoms with Crippen LogP contribution in [0.1, 0.15) is 16.5 Å². The molecule has 8 heteroatoms. The maximum Gasteiger partial charge on any atom is 0.271 e. The van der Waals surface area contributed by atoms with Crippen LogP contribution in [-0.4, -0.2) is 35.7 Å². The van der Waals surface area contributed by atoms with Crippen LogP contribution < -0.4 is 19.1 Å². The number of nitrogens with zero attached hydrogens (tertiary/aromatic N) is 1. The molecule has 33 heavy (non-hydrogen) atoms. The number of anilines is 1. The summed E-state index contributed by atoms with van der Waals surface area (Å²) < 4.78 is 43.5. The highest BCUT2D eigenvalue weighted by Gasteiger charge is 2.50. The zero-order chi connectivity index (χ0) is 23.6. The summed E-state index contributed by atoms with van der Waals surface area (Å²) in [6.45, 7) is 0. The van der Waals surface area contributed by atoms with Crippen LogP contribution in [0.2, 0.25) is 0 Å². The lowest BCUT2D eigenvalue weighted by Crippen LogP contribution is -2.28. The standard InChI is InChI=1S/C25H23NO6S/c1-30-20-14-17(15-21(31-2)23(20)32-3)16-22-24(27)26(19-12-8-5-9-13-19)25(33(22,28)29)18-10-6-4-7-11-18/h4-16,25H,1-3H3/b22-16-. The van der Waals surface area contributed by atoms with E-state index in [2.05, 4.69) is 0 Å². The lowest BCUT2D eigenvalue weighted by molar-refractivity contribution is -0.114. The molecule has 0 aromatic heterocycles. The second kappa shape index (κ2) is 8.99. The molecule has 0 bridgehead atoms. The quantitative estimate of drug-likeness (QED) is 0.507. The SMILES string of the molecule is COc1cc(/C=C2/C(=O)N(c3ccccc3)C(c3ccccc3)S2(=O)=O)cc(OC)c1OC. The third-order valence-corrected chi connectivity index (χ3v) is 7.34.